The summed E-state index contributed by atoms with van der Waals surface area (Å²) in [5.41, 5.74) is 0.846. The van der Waals surface area contributed by atoms with Gasteiger partial charge in [-0.25, -0.2) is 0 Å². The first-order valence-electron chi connectivity index (χ1n) is 7.95. The van der Waals surface area contributed by atoms with Crippen molar-refractivity contribution in [1.29, 1.82) is 0 Å². The molecule has 0 saturated heterocycles. The van der Waals surface area contributed by atoms with Crippen molar-refractivity contribution in [3.63, 3.8) is 0 Å². The van der Waals surface area contributed by atoms with Crippen LogP contribution in [-0.4, -0.2) is 29.5 Å². The Hall–Kier alpha value is -3.09. The van der Waals surface area contributed by atoms with Crippen LogP contribution < -0.4 is 20.9 Å². The number of pyridine rings is 1. The first kappa shape index (κ1) is 16.8. The molecule has 2 aromatic rings. The Balaban J connectivity index is 1.87. The number of carbonyl (C=O) groups is 2. The van der Waals surface area contributed by atoms with Crippen molar-refractivity contribution < 1.29 is 14.3 Å². The third kappa shape index (κ3) is 3.88. The number of amides is 2. The Morgan fingerprint density at radius 2 is 1.92 bits per heavy atom. The predicted molar refractivity (Wildman–Crippen MR) is 93.1 cm³/mol. The average Bonchev–Trinajstić information content (AvgIpc) is 3.41. The third-order valence-electron chi connectivity index (χ3n) is 3.98. The number of benzene rings is 1. The number of anilines is 1. The summed E-state index contributed by atoms with van der Waals surface area (Å²) in [6, 6.07) is 7.86. The van der Waals surface area contributed by atoms with E-state index in [1.54, 1.807) is 25.2 Å². The monoisotopic (exact) mass is 341 g/mol. The zero-order valence-electron chi connectivity index (χ0n) is 14.0. The van der Waals surface area contributed by atoms with Gasteiger partial charge in [-0.2, -0.15) is 0 Å². The van der Waals surface area contributed by atoms with Crippen molar-refractivity contribution in [2.75, 3.05) is 12.4 Å². The van der Waals surface area contributed by atoms with Crippen LogP contribution in [0.4, 0.5) is 5.69 Å². The van der Waals surface area contributed by atoms with Crippen molar-refractivity contribution in [2.24, 2.45) is 7.05 Å². The minimum atomic E-state index is -0.402. The maximum atomic E-state index is 12.5. The molecule has 1 saturated carbocycles. The van der Waals surface area contributed by atoms with Crippen molar-refractivity contribution in [3.8, 4) is 5.75 Å². The number of aromatic nitrogens is 1. The summed E-state index contributed by atoms with van der Waals surface area (Å²) < 4.78 is 6.49. The van der Waals surface area contributed by atoms with Crippen molar-refractivity contribution in [3.05, 3.63) is 58.0 Å². The topological polar surface area (TPSA) is 89.4 Å². The number of nitrogens with one attached hydrogen (secondary N) is 2. The summed E-state index contributed by atoms with van der Waals surface area (Å²) >= 11 is 0. The molecule has 0 atom stereocenters. The molecule has 0 aliphatic heterocycles. The second kappa shape index (κ2) is 6.80. The van der Waals surface area contributed by atoms with Crippen LogP contribution in [0.15, 0.2) is 41.3 Å². The number of hydrogen-bond donors (Lipinski definition) is 2. The molecule has 3 rings (SSSR count). The summed E-state index contributed by atoms with van der Waals surface area (Å²) in [5, 5.41) is 5.63. The predicted octanol–water partition coefficient (Wildman–Crippen LogP) is 1.54. The Kier molecular flexibility index (Phi) is 4.56. The molecule has 25 heavy (non-hydrogen) atoms. The van der Waals surface area contributed by atoms with Crippen LogP contribution in [0.25, 0.3) is 0 Å². The smallest absolute Gasteiger partial charge is 0.257 e. The van der Waals surface area contributed by atoms with Crippen molar-refractivity contribution in [2.45, 2.75) is 18.9 Å². The van der Waals surface area contributed by atoms with E-state index in [1.165, 1.54) is 30.0 Å². The fourth-order valence-electron chi connectivity index (χ4n) is 2.36. The van der Waals surface area contributed by atoms with Crippen LogP contribution in [0.1, 0.15) is 33.6 Å². The van der Waals surface area contributed by atoms with Gasteiger partial charge in [-0.05, 0) is 37.1 Å². The van der Waals surface area contributed by atoms with Gasteiger partial charge in [0.2, 0.25) is 5.56 Å². The van der Waals surface area contributed by atoms with Gasteiger partial charge < -0.3 is 19.9 Å². The molecule has 7 nitrogen and oxygen atoms in total. The minimum Gasteiger partial charge on any atom is -0.497 e. The van der Waals surface area contributed by atoms with Gasteiger partial charge in [-0.3, -0.25) is 14.4 Å². The first-order chi connectivity index (χ1) is 12.0. The van der Waals surface area contributed by atoms with E-state index in [-0.39, 0.29) is 17.5 Å². The molecule has 2 amide bonds. The molecule has 0 bridgehead atoms. The number of nitrogens with zero attached hydrogens (tertiary/aromatic N) is 1. The maximum Gasteiger partial charge on any atom is 0.257 e. The molecular formula is C18H19N3O4. The number of carbonyl (C=O) groups excluding carboxylic acids is 2. The fourth-order valence-corrected chi connectivity index (χ4v) is 2.36. The van der Waals surface area contributed by atoms with Gasteiger partial charge in [0, 0.05) is 25.4 Å². The highest BCUT2D eigenvalue weighted by Crippen LogP contribution is 2.25. The standard InChI is InChI=1S/C18H19N3O4/c1-21-10-11(3-8-16(21)22)17(23)20-15-7-6-13(25-2)9-14(15)18(24)19-12-4-5-12/h3,6-10,12H,4-5H2,1-2H3,(H,19,24)(H,20,23). The number of aryl methyl sites for hydroxylation is 1. The van der Waals surface area contributed by atoms with Crippen LogP contribution in [-0.2, 0) is 7.05 Å². The highest BCUT2D eigenvalue weighted by molar-refractivity contribution is 6.09. The van der Waals surface area contributed by atoms with Crippen molar-refractivity contribution in [1.82, 2.24) is 9.88 Å². The SMILES string of the molecule is COc1ccc(NC(=O)c2ccc(=O)n(C)c2)c(C(=O)NC2CC2)c1. The second-order valence-electron chi connectivity index (χ2n) is 5.98. The zero-order chi connectivity index (χ0) is 18.0. The first-order valence-corrected chi connectivity index (χ1v) is 7.95. The van der Waals surface area contributed by atoms with E-state index in [1.807, 2.05) is 0 Å². The molecule has 1 fully saturated rings. The van der Waals surface area contributed by atoms with Gasteiger partial charge in [0.1, 0.15) is 5.75 Å². The highest BCUT2D eigenvalue weighted by Gasteiger charge is 2.25. The third-order valence-corrected chi connectivity index (χ3v) is 3.98. The number of rotatable bonds is 5. The lowest BCUT2D eigenvalue weighted by molar-refractivity contribution is 0.0951. The van der Waals surface area contributed by atoms with E-state index in [4.69, 9.17) is 4.74 Å². The van der Waals surface area contributed by atoms with Crippen molar-refractivity contribution >= 4 is 17.5 Å². The van der Waals surface area contributed by atoms with Gasteiger partial charge in [-0.1, -0.05) is 0 Å². The van der Waals surface area contributed by atoms with E-state index in [0.29, 0.717) is 22.6 Å². The molecule has 0 radical (unpaired) electrons. The molecule has 1 heterocycles. The van der Waals surface area contributed by atoms with E-state index < -0.39 is 5.91 Å². The van der Waals surface area contributed by atoms with Gasteiger partial charge >= 0.3 is 0 Å². The van der Waals surface area contributed by atoms with E-state index >= 15 is 0 Å². The second-order valence-corrected chi connectivity index (χ2v) is 5.98. The molecule has 0 spiro atoms. The molecule has 7 heteroatoms. The summed E-state index contributed by atoms with van der Waals surface area (Å²) in [6.07, 6.45) is 3.38. The number of ether oxygens (including phenoxy) is 1. The zero-order valence-corrected chi connectivity index (χ0v) is 14.0. The largest absolute Gasteiger partial charge is 0.497 e. The molecule has 1 aromatic carbocycles. The van der Waals surface area contributed by atoms with E-state index in [9.17, 15) is 14.4 Å². The average molecular weight is 341 g/mol. The lowest BCUT2D eigenvalue weighted by Crippen LogP contribution is -2.27. The van der Waals surface area contributed by atoms with E-state index in [2.05, 4.69) is 10.6 Å². The van der Waals surface area contributed by atoms with Crippen LogP contribution >= 0.6 is 0 Å². The summed E-state index contributed by atoms with van der Waals surface area (Å²) in [5.74, 6) is -0.126. The van der Waals surface area contributed by atoms with Crippen LogP contribution in [0.3, 0.4) is 0 Å². The molecular weight excluding hydrogens is 322 g/mol. The number of hydrogen-bond acceptors (Lipinski definition) is 4. The Labute approximate surface area is 144 Å². The van der Waals surface area contributed by atoms with Crippen LogP contribution in [0.5, 0.6) is 5.75 Å². The Morgan fingerprint density at radius 3 is 2.56 bits per heavy atom. The van der Waals surface area contributed by atoms with Crippen LogP contribution in [0.2, 0.25) is 0 Å². The molecule has 0 unspecified atom stereocenters. The normalized spacial score (nSPS) is 13.2. The summed E-state index contributed by atoms with van der Waals surface area (Å²) in [6.45, 7) is 0. The van der Waals surface area contributed by atoms with Crippen LogP contribution in [0, 0.1) is 0 Å². The quantitative estimate of drug-likeness (QED) is 0.863. The highest BCUT2D eigenvalue weighted by atomic mass is 16.5. The Morgan fingerprint density at radius 1 is 1.16 bits per heavy atom. The molecule has 1 aliphatic carbocycles. The summed E-state index contributed by atoms with van der Waals surface area (Å²) in [4.78, 5) is 36.3. The molecule has 1 aromatic heterocycles. The molecule has 130 valence electrons. The lowest BCUT2D eigenvalue weighted by atomic mass is 10.1. The molecule has 2 N–H and O–H groups in total. The fraction of sp³-hybridized carbons (Fsp3) is 0.278. The summed E-state index contributed by atoms with van der Waals surface area (Å²) in [7, 11) is 3.08. The maximum absolute atomic E-state index is 12.5. The van der Waals surface area contributed by atoms with Gasteiger partial charge in [0.25, 0.3) is 11.8 Å². The molecule has 1 aliphatic rings. The number of methoxy groups -OCH3 is 1. The van der Waals surface area contributed by atoms with Gasteiger partial charge in [0.15, 0.2) is 0 Å². The lowest BCUT2D eigenvalue weighted by Gasteiger charge is -2.13. The minimum absolute atomic E-state index is 0.200. The van der Waals surface area contributed by atoms with Gasteiger partial charge in [0.05, 0.1) is 23.9 Å². The van der Waals surface area contributed by atoms with Gasteiger partial charge in [-0.15, -0.1) is 0 Å². The van der Waals surface area contributed by atoms with E-state index in [0.717, 1.165) is 12.8 Å². The Bertz CT molecular complexity index is 884.